The van der Waals surface area contributed by atoms with E-state index in [-0.39, 0.29) is 0 Å². The molecule has 114 valence electrons. The highest BCUT2D eigenvalue weighted by molar-refractivity contribution is 6.90. The zero-order valence-electron chi connectivity index (χ0n) is 14.0. The van der Waals surface area contributed by atoms with E-state index in [1.807, 2.05) is 0 Å². The topological polar surface area (TPSA) is 6.48 Å². The maximum absolute atomic E-state index is 2.58. The van der Waals surface area contributed by atoms with E-state index in [2.05, 4.69) is 74.9 Å². The lowest BCUT2D eigenvalue weighted by atomic mass is 10.4. The zero-order chi connectivity index (χ0) is 15.0. The predicted octanol–water partition coefficient (Wildman–Crippen LogP) is 2.88. The molecule has 0 N–H and O–H groups in total. The fraction of sp³-hybridized carbons (Fsp3) is 0.647. The van der Waals surface area contributed by atoms with Crippen molar-refractivity contribution in [3.63, 3.8) is 0 Å². The third kappa shape index (κ3) is 6.20. The van der Waals surface area contributed by atoms with Crippen molar-refractivity contribution in [3.8, 4) is 0 Å². The van der Waals surface area contributed by atoms with Crippen molar-refractivity contribution >= 4 is 13.3 Å². The molecule has 0 spiro atoms. The molecule has 0 heterocycles. The molecular weight excluding hydrogens is 260 g/mol. The highest BCUT2D eigenvalue weighted by Crippen LogP contribution is 2.20. The lowest BCUT2D eigenvalue weighted by Crippen LogP contribution is -2.45. The summed E-state index contributed by atoms with van der Waals surface area (Å²) in [7, 11) is 7.38. The van der Waals surface area contributed by atoms with Crippen LogP contribution in [0.5, 0.6) is 0 Å². The lowest BCUT2D eigenvalue weighted by molar-refractivity contribution is 0.404. The Bertz CT molecular complexity index is 349. The average Bonchev–Trinajstić information content (AvgIpc) is 2.39. The summed E-state index contributed by atoms with van der Waals surface area (Å²) in [6.45, 7) is 5.00. The van der Waals surface area contributed by atoms with Gasteiger partial charge in [0.25, 0.3) is 0 Å². The van der Waals surface area contributed by atoms with Gasteiger partial charge in [0.05, 0.1) is 8.07 Å². The second-order valence-electron chi connectivity index (χ2n) is 6.74. The number of hydrogen-bond donors (Lipinski definition) is 0. The molecule has 1 aromatic carbocycles. The Kier molecular flexibility index (Phi) is 7.49. The normalized spacial score (nSPS) is 12.3. The molecule has 0 aliphatic heterocycles. The van der Waals surface area contributed by atoms with Crippen LogP contribution < -0.4 is 5.19 Å². The van der Waals surface area contributed by atoms with Crippen LogP contribution in [0.15, 0.2) is 30.3 Å². The highest BCUT2D eigenvalue weighted by Gasteiger charge is 2.28. The highest BCUT2D eigenvalue weighted by atomic mass is 28.3. The van der Waals surface area contributed by atoms with Gasteiger partial charge in [-0.05, 0) is 54.1 Å². The first-order valence-corrected chi connectivity index (χ1v) is 10.7. The number of benzene rings is 1. The smallest absolute Gasteiger partial charge is 0.0837 e. The summed E-state index contributed by atoms with van der Waals surface area (Å²) in [4.78, 5) is 4.61. The van der Waals surface area contributed by atoms with Crippen molar-refractivity contribution in [2.45, 2.75) is 31.5 Å². The standard InChI is InChI=1S/C17H32N2Si/c1-18(2)13-9-15-20(5,16-10-14-19(3)4)17-11-7-6-8-12-17/h6-8,11-12H,9-10,13-16H2,1-5H3. The average molecular weight is 293 g/mol. The molecule has 0 aliphatic rings. The summed E-state index contributed by atoms with van der Waals surface area (Å²) >= 11 is 0. The van der Waals surface area contributed by atoms with Gasteiger partial charge in [-0.3, -0.25) is 0 Å². The fourth-order valence-electron chi connectivity index (χ4n) is 2.83. The van der Waals surface area contributed by atoms with Gasteiger partial charge >= 0.3 is 0 Å². The monoisotopic (exact) mass is 292 g/mol. The SMILES string of the molecule is CN(C)CCC[Si](C)(CCCN(C)C)c1ccccc1. The van der Waals surface area contributed by atoms with Crippen LogP contribution in [0.3, 0.4) is 0 Å². The van der Waals surface area contributed by atoms with Crippen LogP contribution in [0.2, 0.25) is 18.6 Å². The Balaban J connectivity index is 2.67. The summed E-state index contributed by atoms with van der Waals surface area (Å²) in [6.07, 6.45) is 2.65. The lowest BCUT2D eigenvalue weighted by Gasteiger charge is -2.29. The summed E-state index contributed by atoms with van der Waals surface area (Å²) < 4.78 is 0. The van der Waals surface area contributed by atoms with Crippen molar-refractivity contribution < 1.29 is 0 Å². The molecule has 0 unspecified atom stereocenters. The van der Waals surface area contributed by atoms with Crippen LogP contribution in [-0.2, 0) is 0 Å². The summed E-state index contributed by atoms with van der Waals surface area (Å²) in [5, 5.41) is 1.64. The maximum atomic E-state index is 2.58. The molecule has 0 radical (unpaired) electrons. The molecule has 0 amide bonds. The van der Waals surface area contributed by atoms with Gasteiger partial charge in [0, 0.05) is 0 Å². The minimum Gasteiger partial charge on any atom is -0.309 e. The Morgan fingerprint density at radius 1 is 0.800 bits per heavy atom. The van der Waals surface area contributed by atoms with E-state index < -0.39 is 8.07 Å². The minimum absolute atomic E-state index is 1.21. The molecule has 1 aromatic rings. The second kappa shape index (κ2) is 8.60. The van der Waals surface area contributed by atoms with Gasteiger partial charge in [0.1, 0.15) is 0 Å². The van der Waals surface area contributed by atoms with Crippen LogP contribution in [-0.4, -0.2) is 59.2 Å². The molecule has 0 aromatic heterocycles. The zero-order valence-corrected chi connectivity index (χ0v) is 15.0. The number of hydrogen-bond acceptors (Lipinski definition) is 2. The van der Waals surface area contributed by atoms with Crippen molar-refractivity contribution in [2.75, 3.05) is 41.3 Å². The van der Waals surface area contributed by atoms with Crippen LogP contribution in [0.1, 0.15) is 12.8 Å². The molecule has 0 fully saturated rings. The molecule has 1 rings (SSSR count). The van der Waals surface area contributed by atoms with Gasteiger partial charge in [0.15, 0.2) is 0 Å². The van der Waals surface area contributed by atoms with E-state index >= 15 is 0 Å². The molecule has 0 aliphatic carbocycles. The van der Waals surface area contributed by atoms with Gasteiger partial charge in [-0.25, -0.2) is 0 Å². The van der Waals surface area contributed by atoms with Gasteiger partial charge < -0.3 is 9.80 Å². The Morgan fingerprint density at radius 3 is 1.65 bits per heavy atom. The Hall–Kier alpha value is -0.643. The number of nitrogens with zero attached hydrogens (tertiary/aromatic N) is 2. The molecule has 2 nitrogen and oxygen atoms in total. The number of rotatable bonds is 9. The summed E-state index contributed by atoms with van der Waals surface area (Å²) in [5.41, 5.74) is 0. The van der Waals surface area contributed by atoms with Gasteiger partial charge in [-0.15, -0.1) is 0 Å². The van der Waals surface area contributed by atoms with Crippen molar-refractivity contribution in [1.82, 2.24) is 9.80 Å². The summed E-state index contributed by atoms with van der Waals surface area (Å²) in [5.74, 6) is 0. The first kappa shape index (κ1) is 17.4. The van der Waals surface area contributed by atoms with Crippen molar-refractivity contribution in [3.05, 3.63) is 30.3 Å². The Labute approximate surface area is 126 Å². The molecular formula is C17H32N2Si. The van der Waals surface area contributed by atoms with E-state index in [1.165, 1.54) is 38.0 Å². The van der Waals surface area contributed by atoms with E-state index in [4.69, 9.17) is 0 Å². The molecule has 0 atom stereocenters. The second-order valence-corrected chi connectivity index (χ2v) is 11.4. The van der Waals surface area contributed by atoms with Crippen LogP contribution in [0.25, 0.3) is 0 Å². The first-order chi connectivity index (χ1) is 9.44. The largest absolute Gasteiger partial charge is 0.309 e. The van der Waals surface area contributed by atoms with Gasteiger partial charge in [-0.1, -0.05) is 54.2 Å². The quantitative estimate of drug-likeness (QED) is 0.646. The molecule has 3 heteroatoms. The fourth-order valence-corrected chi connectivity index (χ4v) is 6.53. The maximum Gasteiger partial charge on any atom is 0.0837 e. The molecule has 0 bridgehead atoms. The van der Waals surface area contributed by atoms with Crippen LogP contribution in [0.4, 0.5) is 0 Å². The first-order valence-electron chi connectivity index (χ1n) is 7.79. The van der Waals surface area contributed by atoms with Gasteiger partial charge in [-0.2, -0.15) is 0 Å². The van der Waals surface area contributed by atoms with Crippen molar-refractivity contribution in [2.24, 2.45) is 0 Å². The predicted molar refractivity (Wildman–Crippen MR) is 93.7 cm³/mol. The van der Waals surface area contributed by atoms with Crippen molar-refractivity contribution in [1.29, 1.82) is 0 Å². The third-order valence-corrected chi connectivity index (χ3v) is 8.78. The van der Waals surface area contributed by atoms with E-state index in [1.54, 1.807) is 5.19 Å². The van der Waals surface area contributed by atoms with E-state index in [0.29, 0.717) is 0 Å². The van der Waals surface area contributed by atoms with E-state index in [9.17, 15) is 0 Å². The Morgan fingerprint density at radius 2 is 1.25 bits per heavy atom. The van der Waals surface area contributed by atoms with Gasteiger partial charge in [0.2, 0.25) is 0 Å². The van der Waals surface area contributed by atoms with Crippen LogP contribution >= 0.6 is 0 Å². The summed E-state index contributed by atoms with van der Waals surface area (Å²) in [6, 6.07) is 14.1. The molecule has 0 saturated carbocycles. The molecule has 0 saturated heterocycles. The van der Waals surface area contributed by atoms with E-state index in [0.717, 1.165) is 0 Å². The van der Waals surface area contributed by atoms with Crippen LogP contribution in [0, 0.1) is 0 Å². The third-order valence-electron chi connectivity index (χ3n) is 4.14. The minimum atomic E-state index is -1.31. The molecule has 20 heavy (non-hydrogen) atoms.